The maximum absolute atomic E-state index is 13.2. The number of hydrogen-bond acceptors (Lipinski definition) is 6. The van der Waals surface area contributed by atoms with E-state index in [4.69, 9.17) is 14.5 Å². The Labute approximate surface area is 188 Å². The summed E-state index contributed by atoms with van der Waals surface area (Å²) in [5.41, 5.74) is 3.93. The molecule has 3 rings (SSSR count). The minimum Gasteiger partial charge on any atom is -0.489 e. The van der Waals surface area contributed by atoms with Crippen molar-refractivity contribution in [2.45, 2.75) is 27.0 Å². The summed E-state index contributed by atoms with van der Waals surface area (Å²) in [6.07, 6.45) is 0. The first kappa shape index (κ1) is 23.0. The lowest BCUT2D eigenvalue weighted by Crippen LogP contribution is -2.36. The first-order valence-electron chi connectivity index (χ1n) is 10.4. The van der Waals surface area contributed by atoms with Gasteiger partial charge in [0.2, 0.25) is 0 Å². The van der Waals surface area contributed by atoms with Crippen LogP contribution in [0.4, 0.5) is 0 Å². The molecule has 0 N–H and O–H groups in total. The number of carbonyl (C=O) groups is 1. The zero-order valence-corrected chi connectivity index (χ0v) is 19.0. The van der Waals surface area contributed by atoms with E-state index in [0.717, 1.165) is 29.1 Å². The number of carbonyl (C=O) groups excluding carboxylic acids is 1. The van der Waals surface area contributed by atoms with E-state index in [0.29, 0.717) is 36.6 Å². The third kappa shape index (κ3) is 5.96. The summed E-state index contributed by atoms with van der Waals surface area (Å²) in [6.45, 7) is 5.92. The molecule has 0 aliphatic carbocycles. The molecule has 2 aromatic carbocycles. The summed E-state index contributed by atoms with van der Waals surface area (Å²) in [5, 5.41) is 12.9. The third-order valence-corrected chi connectivity index (χ3v) is 5.23. The molecule has 1 amide bonds. The normalized spacial score (nSPS) is 10.8. The second-order valence-corrected chi connectivity index (χ2v) is 7.95. The Morgan fingerprint density at radius 2 is 1.75 bits per heavy atom. The molecule has 32 heavy (non-hydrogen) atoms. The van der Waals surface area contributed by atoms with Crippen molar-refractivity contribution in [1.82, 2.24) is 15.0 Å². The molecule has 0 bridgehead atoms. The molecule has 0 unspecified atom stereocenters. The van der Waals surface area contributed by atoms with Gasteiger partial charge in [0.15, 0.2) is 0 Å². The van der Waals surface area contributed by atoms with E-state index in [2.05, 4.69) is 11.2 Å². The molecule has 0 atom stereocenters. The van der Waals surface area contributed by atoms with Crippen LogP contribution in [0.1, 0.15) is 38.5 Å². The van der Waals surface area contributed by atoms with E-state index < -0.39 is 0 Å². The summed E-state index contributed by atoms with van der Waals surface area (Å²) >= 11 is 0. The number of ether oxygens (including phenoxy) is 1. The molecule has 7 nitrogen and oxygen atoms in total. The summed E-state index contributed by atoms with van der Waals surface area (Å²) in [7, 11) is 3.96. The fourth-order valence-electron chi connectivity index (χ4n) is 3.22. The van der Waals surface area contributed by atoms with Crippen LogP contribution in [-0.2, 0) is 13.2 Å². The van der Waals surface area contributed by atoms with Gasteiger partial charge in [0, 0.05) is 25.2 Å². The third-order valence-electron chi connectivity index (χ3n) is 5.23. The van der Waals surface area contributed by atoms with Crippen LogP contribution in [-0.4, -0.2) is 48.0 Å². The van der Waals surface area contributed by atoms with Gasteiger partial charge in [0.1, 0.15) is 18.1 Å². The topological polar surface area (TPSA) is 82.6 Å². The fraction of sp³-hybridized carbons (Fsp3) is 0.320. The first-order valence-corrected chi connectivity index (χ1v) is 10.4. The Morgan fingerprint density at radius 3 is 2.31 bits per heavy atom. The maximum atomic E-state index is 13.2. The van der Waals surface area contributed by atoms with Gasteiger partial charge in [-0.3, -0.25) is 4.79 Å². The Balaban J connectivity index is 1.69. The molecule has 7 heteroatoms. The van der Waals surface area contributed by atoms with Gasteiger partial charge in [-0.15, -0.1) is 0 Å². The van der Waals surface area contributed by atoms with Crippen molar-refractivity contribution < 1.29 is 14.1 Å². The Morgan fingerprint density at radius 1 is 1.06 bits per heavy atom. The predicted octanol–water partition coefficient (Wildman–Crippen LogP) is 3.95. The van der Waals surface area contributed by atoms with Crippen LogP contribution in [0.25, 0.3) is 0 Å². The van der Waals surface area contributed by atoms with Crippen molar-refractivity contribution in [1.29, 1.82) is 5.26 Å². The largest absolute Gasteiger partial charge is 0.489 e. The first-order chi connectivity index (χ1) is 15.4. The number of nitrogens with zero attached hydrogens (tertiary/aromatic N) is 4. The van der Waals surface area contributed by atoms with Gasteiger partial charge in [0.25, 0.3) is 5.91 Å². The number of nitriles is 1. The highest BCUT2D eigenvalue weighted by Crippen LogP contribution is 2.19. The van der Waals surface area contributed by atoms with E-state index in [9.17, 15) is 4.79 Å². The lowest BCUT2D eigenvalue weighted by molar-refractivity contribution is 0.0732. The van der Waals surface area contributed by atoms with Crippen molar-refractivity contribution >= 4 is 5.91 Å². The Bertz CT molecular complexity index is 1060. The molecule has 166 valence electrons. The lowest BCUT2D eigenvalue weighted by Gasteiger charge is -2.25. The maximum Gasteiger partial charge on any atom is 0.254 e. The summed E-state index contributed by atoms with van der Waals surface area (Å²) in [6, 6.07) is 16.6. The number of hydrogen-bond donors (Lipinski definition) is 0. The van der Waals surface area contributed by atoms with Crippen LogP contribution < -0.4 is 4.74 Å². The van der Waals surface area contributed by atoms with Gasteiger partial charge in [-0.2, -0.15) is 5.26 Å². The zero-order chi connectivity index (χ0) is 23.1. The molecule has 0 aliphatic heterocycles. The second-order valence-electron chi connectivity index (χ2n) is 7.95. The average molecular weight is 433 g/mol. The van der Waals surface area contributed by atoms with E-state index in [1.54, 1.807) is 36.4 Å². The highest BCUT2D eigenvalue weighted by Gasteiger charge is 2.17. The number of aromatic nitrogens is 1. The monoisotopic (exact) mass is 432 g/mol. The number of benzene rings is 2. The van der Waals surface area contributed by atoms with Crippen LogP contribution in [0.3, 0.4) is 0 Å². The van der Waals surface area contributed by atoms with Crippen LogP contribution in [0, 0.1) is 25.2 Å². The van der Waals surface area contributed by atoms with Crippen LogP contribution in [0.15, 0.2) is 53.1 Å². The molecular weight excluding hydrogens is 404 g/mol. The minimum absolute atomic E-state index is 0.0477. The SMILES string of the molecule is Cc1noc(C)c1COc1ccc(C(=O)N(CCN(C)C)Cc2ccc(C#N)cc2)cc1. The molecule has 0 aliphatic rings. The Kier molecular flexibility index (Phi) is 7.63. The van der Waals surface area contributed by atoms with Gasteiger partial charge < -0.3 is 19.1 Å². The summed E-state index contributed by atoms with van der Waals surface area (Å²) in [5.74, 6) is 1.37. The highest BCUT2D eigenvalue weighted by atomic mass is 16.5. The molecule has 0 saturated carbocycles. The summed E-state index contributed by atoms with van der Waals surface area (Å²) < 4.78 is 11.0. The minimum atomic E-state index is -0.0477. The van der Waals surface area contributed by atoms with Crippen LogP contribution in [0.5, 0.6) is 5.75 Å². The number of aryl methyl sites for hydroxylation is 2. The van der Waals surface area contributed by atoms with Gasteiger partial charge >= 0.3 is 0 Å². The predicted molar refractivity (Wildman–Crippen MR) is 121 cm³/mol. The number of amides is 1. The van der Waals surface area contributed by atoms with Crippen LogP contribution in [0.2, 0.25) is 0 Å². The van der Waals surface area contributed by atoms with Gasteiger partial charge in [-0.1, -0.05) is 17.3 Å². The van der Waals surface area contributed by atoms with Gasteiger partial charge in [0.05, 0.1) is 22.9 Å². The van der Waals surface area contributed by atoms with E-state index in [-0.39, 0.29) is 5.91 Å². The van der Waals surface area contributed by atoms with E-state index >= 15 is 0 Å². The molecule has 0 saturated heterocycles. The van der Waals surface area contributed by atoms with Crippen molar-refractivity contribution in [3.05, 3.63) is 82.2 Å². The van der Waals surface area contributed by atoms with Crippen molar-refractivity contribution in [3.63, 3.8) is 0 Å². The highest BCUT2D eigenvalue weighted by molar-refractivity contribution is 5.94. The molecule has 0 spiro atoms. The van der Waals surface area contributed by atoms with Gasteiger partial charge in [-0.25, -0.2) is 0 Å². The molecule has 1 heterocycles. The standard InChI is InChI=1S/C25H28N4O3/c1-18-24(19(2)32-27-18)17-31-23-11-9-22(10-12-23)25(30)29(14-13-28(3)4)16-21-7-5-20(15-26)6-8-21/h5-12H,13-14,16-17H2,1-4H3. The Hall–Kier alpha value is -3.63. The van der Waals surface area contributed by atoms with Crippen molar-refractivity contribution in [3.8, 4) is 11.8 Å². The number of rotatable bonds is 9. The van der Waals surface area contributed by atoms with Crippen molar-refractivity contribution in [2.24, 2.45) is 0 Å². The molecule has 0 fully saturated rings. The molecule has 0 radical (unpaired) electrons. The molecule has 3 aromatic rings. The van der Waals surface area contributed by atoms with Crippen LogP contribution >= 0.6 is 0 Å². The quantitative estimate of drug-likeness (QED) is 0.509. The lowest BCUT2D eigenvalue weighted by atomic mass is 10.1. The second kappa shape index (κ2) is 10.6. The molecule has 1 aromatic heterocycles. The number of likely N-dealkylation sites (N-methyl/N-ethyl adjacent to an activating group) is 1. The fourth-order valence-corrected chi connectivity index (χ4v) is 3.22. The summed E-state index contributed by atoms with van der Waals surface area (Å²) in [4.78, 5) is 17.1. The zero-order valence-electron chi connectivity index (χ0n) is 19.0. The van der Waals surface area contributed by atoms with Crippen molar-refractivity contribution in [2.75, 3.05) is 27.2 Å². The smallest absolute Gasteiger partial charge is 0.254 e. The van der Waals surface area contributed by atoms with E-state index in [1.165, 1.54) is 0 Å². The van der Waals surface area contributed by atoms with Gasteiger partial charge in [-0.05, 0) is 69.9 Å². The molecular formula is C25H28N4O3. The average Bonchev–Trinajstić information content (AvgIpc) is 3.12. The van der Waals surface area contributed by atoms with E-state index in [1.807, 2.05) is 49.9 Å².